The molecule has 3 amide bonds. The van der Waals surface area contributed by atoms with E-state index in [1.54, 1.807) is 44.3 Å². The van der Waals surface area contributed by atoms with Crippen LogP contribution in [-0.4, -0.2) is 80.7 Å². The van der Waals surface area contributed by atoms with Gasteiger partial charge in [0.2, 0.25) is 17.7 Å². The molecule has 2 aromatic rings. The molecule has 1 aromatic carbocycles. The largest absolute Gasteiger partial charge is 0.481 e. The van der Waals surface area contributed by atoms with Crippen LogP contribution in [0.25, 0.3) is 10.9 Å². The zero-order valence-electron chi connectivity index (χ0n) is 19.9. The number of aliphatic hydroxyl groups excluding tert-OH is 1. The predicted molar refractivity (Wildman–Crippen MR) is 128 cm³/mol. The Kier molecular flexibility index (Phi) is 9.93. The summed E-state index contributed by atoms with van der Waals surface area (Å²) in [6.45, 7) is 2.62. The Bertz CT molecular complexity index is 1110. The van der Waals surface area contributed by atoms with Crippen molar-refractivity contribution in [3.8, 4) is 0 Å². The number of carboxylic acids is 2. The molecular formula is C23H31N5O8. The van der Waals surface area contributed by atoms with Gasteiger partial charge in [-0.25, -0.2) is 4.79 Å². The molecule has 1 aromatic heterocycles. The van der Waals surface area contributed by atoms with Crippen LogP contribution < -0.4 is 21.7 Å². The van der Waals surface area contributed by atoms with Crippen molar-refractivity contribution >= 4 is 40.6 Å². The molecule has 0 saturated carbocycles. The SMILES string of the molecule is CC(C)C(N)C(=O)NC(CO)C(=O)NC(Cc1c[nH]c2ccccc12)C(=O)NC(CC(=O)O)C(=O)O. The minimum Gasteiger partial charge on any atom is -0.481 e. The van der Waals surface area contributed by atoms with Crippen LogP contribution >= 0.6 is 0 Å². The number of carboxylic acid groups (broad SMARTS) is 2. The molecule has 13 nitrogen and oxygen atoms in total. The summed E-state index contributed by atoms with van der Waals surface area (Å²) >= 11 is 0. The van der Waals surface area contributed by atoms with E-state index in [9.17, 15) is 34.2 Å². The number of aliphatic hydroxyl groups is 1. The van der Waals surface area contributed by atoms with Gasteiger partial charge in [0, 0.05) is 23.5 Å². The highest BCUT2D eigenvalue weighted by Crippen LogP contribution is 2.19. The van der Waals surface area contributed by atoms with Gasteiger partial charge in [0.25, 0.3) is 0 Å². The first kappa shape index (κ1) is 28.3. The lowest BCUT2D eigenvalue weighted by Crippen LogP contribution is -2.59. The maximum absolute atomic E-state index is 13.0. The monoisotopic (exact) mass is 505 g/mol. The van der Waals surface area contributed by atoms with Crippen molar-refractivity contribution in [2.24, 2.45) is 11.7 Å². The van der Waals surface area contributed by atoms with E-state index in [4.69, 9.17) is 10.8 Å². The molecule has 0 aliphatic heterocycles. The van der Waals surface area contributed by atoms with E-state index in [-0.39, 0.29) is 12.3 Å². The normalized spacial score (nSPS) is 14.5. The van der Waals surface area contributed by atoms with Crippen LogP contribution in [0.2, 0.25) is 0 Å². The van der Waals surface area contributed by atoms with Crippen molar-refractivity contribution in [1.29, 1.82) is 0 Å². The van der Waals surface area contributed by atoms with Crippen molar-refractivity contribution < 1.29 is 39.3 Å². The van der Waals surface area contributed by atoms with Gasteiger partial charge in [-0.1, -0.05) is 32.0 Å². The van der Waals surface area contributed by atoms with Gasteiger partial charge in [-0.15, -0.1) is 0 Å². The Balaban J connectivity index is 2.28. The van der Waals surface area contributed by atoms with Gasteiger partial charge in [0.1, 0.15) is 18.1 Å². The van der Waals surface area contributed by atoms with Crippen molar-refractivity contribution in [3.05, 3.63) is 36.0 Å². The molecule has 0 fully saturated rings. The smallest absolute Gasteiger partial charge is 0.326 e. The Morgan fingerprint density at radius 2 is 1.50 bits per heavy atom. The number of carbonyl (C=O) groups is 5. The second-order valence-electron chi connectivity index (χ2n) is 8.64. The van der Waals surface area contributed by atoms with Crippen LogP contribution in [0.15, 0.2) is 30.5 Å². The summed E-state index contributed by atoms with van der Waals surface area (Å²) in [6, 6.07) is 1.68. The lowest BCUT2D eigenvalue weighted by Gasteiger charge is -2.24. The molecule has 0 saturated heterocycles. The van der Waals surface area contributed by atoms with Gasteiger partial charge >= 0.3 is 11.9 Å². The first-order valence-electron chi connectivity index (χ1n) is 11.2. The fourth-order valence-electron chi connectivity index (χ4n) is 3.41. The van der Waals surface area contributed by atoms with Gasteiger partial charge in [-0.3, -0.25) is 19.2 Å². The molecule has 0 radical (unpaired) electrons. The van der Waals surface area contributed by atoms with Crippen LogP contribution in [0.5, 0.6) is 0 Å². The summed E-state index contributed by atoms with van der Waals surface area (Å²) in [5, 5.41) is 35.6. The van der Waals surface area contributed by atoms with Gasteiger partial charge in [0.15, 0.2) is 0 Å². The molecular weight excluding hydrogens is 474 g/mol. The molecule has 0 bridgehead atoms. The summed E-state index contributed by atoms with van der Waals surface area (Å²) < 4.78 is 0. The minimum atomic E-state index is -1.74. The summed E-state index contributed by atoms with van der Waals surface area (Å²) in [5.41, 5.74) is 7.16. The predicted octanol–water partition coefficient (Wildman–Crippen LogP) is -1.30. The zero-order chi connectivity index (χ0) is 27.0. The topological polar surface area (TPSA) is 224 Å². The number of amides is 3. The molecule has 4 unspecified atom stereocenters. The number of nitrogens with one attached hydrogen (secondary N) is 4. The number of para-hydroxylation sites is 1. The average Bonchev–Trinajstić information content (AvgIpc) is 3.23. The summed E-state index contributed by atoms with van der Waals surface area (Å²) in [4.78, 5) is 63.6. The first-order chi connectivity index (χ1) is 16.9. The standard InChI is InChI=1S/C23H31N5O8/c1-11(2)19(24)22(34)28-17(10-29)21(33)26-15(20(32)27-16(23(35)36)8-18(30)31)7-12-9-25-14-6-4-3-5-13(12)14/h3-6,9,11,15-17,19,25,29H,7-8,10,24H2,1-2H3,(H,26,33)(H,27,32)(H,28,34)(H,30,31)(H,35,36). The number of benzene rings is 1. The Labute approximate surface area is 206 Å². The number of rotatable bonds is 13. The number of carbonyl (C=O) groups excluding carboxylic acids is 3. The van der Waals surface area contributed by atoms with Gasteiger partial charge in [0.05, 0.1) is 19.1 Å². The number of fused-ring (bicyclic) bond motifs is 1. The van der Waals surface area contributed by atoms with E-state index in [1.165, 1.54) is 0 Å². The number of hydrogen-bond donors (Lipinski definition) is 8. The van der Waals surface area contributed by atoms with Crippen LogP contribution in [0.3, 0.4) is 0 Å². The zero-order valence-corrected chi connectivity index (χ0v) is 19.9. The highest BCUT2D eigenvalue weighted by Gasteiger charge is 2.31. The lowest BCUT2D eigenvalue weighted by molar-refractivity contribution is -0.147. The van der Waals surface area contributed by atoms with E-state index in [1.807, 2.05) is 0 Å². The first-order valence-corrected chi connectivity index (χ1v) is 11.2. The molecule has 4 atom stereocenters. The van der Waals surface area contributed by atoms with Crippen LogP contribution in [0, 0.1) is 5.92 Å². The van der Waals surface area contributed by atoms with E-state index < -0.39 is 66.9 Å². The van der Waals surface area contributed by atoms with E-state index >= 15 is 0 Å². The summed E-state index contributed by atoms with van der Waals surface area (Å²) in [7, 11) is 0. The number of aromatic amines is 1. The van der Waals surface area contributed by atoms with E-state index in [0.29, 0.717) is 5.56 Å². The molecule has 1 heterocycles. The molecule has 13 heteroatoms. The molecule has 0 aliphatic carbocycles. The second-order valence-corrected chi connectivity index (χ2v) is 8.64. The average molecular weight is 506 g/mol. The second kappa shape index (κ2) is 12.7. The minimum absolute atomic E-state index is 0.0986. The van der Waals surface area contributed by atoms with Crippen molar-refractivity contribution in [2.75, 3.05) is 6.61 Å². The van der Waals surface area contributed by atoms with Gasteiger partial charge < -0.3 is 42.0 Å². The van der Waals surface area contributed by atoms with E-state index in [0.717, 1.165) is 10.9 Å². The number of nitrogens with two attached hydrogens (primary N) is 1. The van der Waals surface area contributed by atoms with Crippen molar-refractivity contribution in [1.82, 2.24) is 20.9 Å². The highest BCUT2D eigenvalue weighted by atomic mass is 16.4. The molecule has 36 heavy (non-hydrogen) atoms. The van der Waals surface area contributed by atoms with Crippen LogP contribution in [0.1, 0.15) is 25.8 Å². The van der Waals surface area contributed by atoms with Gasteiger partial charge in [-0.2, -0.15) is 0 Å². The Hall–Kier alpha value is -3.97. The van der Waals surface area contributed by atoms with Crippen molar-refractivity contribution in [3.63, 3.8) is 0 Å². The highest BCUT2D eigenvalue weighted by molar-refractivity contribution is 5.95. The van der Waals surface area contributed by atoms with Gasteiger partial charge in [-0.05, 0) is 17.5 Å². The number of hydrogen-bond acceptors (Lipinski definition) is 7. The third kappa shape index (κ3) is 7.52. The number of aliphatic carboxylic acids is 2. The third-order valence-electron chi connectivity index (χ3n) is 5.56. The fourth-order valence-corrected chi connectivity index (χ4v) is 3.41. The summed E-state index contributed by atoms with van der Waals surface area (Å²) in [6.07, 6.45) is 0.645. The van der Waals surface area contributed by atoms with E-state index in [2.05, 4.69) is 20.9 Å². The Morgan fingerprint density at radius 1 is 0.917 bits per heavy atom. The number of H-pyrrole nitrogens is 1. The molecule has 2 rings (SSSR count). The van der Waals surface area contributed by atoms with Crippen LogP contribution in [0.4, 0.5) is 0 Å². The van der Waals surface area contributed by atoms with Crippen molar-refractivity contribution in [2.45, 2.75) is 50.9 Å². The molecule has 9 N–H and O–H groups in total. The fraction of sp³-hybridized carbons (Fsp3) is 0.435. The molecule has 0 aliphatic rings. The maximum atomic E-state index is 13.0. The summed E-state index contributed by atoms with van der Waals surface area (Å²) in [5.74, 6) is -5.79. The third-order valence-corrected chi connectivity index (χ3v) is 5.56. The maximum Gasteiger partial charge on any atom is 0.326 e. The Morgan fingerprint density at radius 3 is 2.08 bits per heavy atom. The number of aromatic nitrogens is 1. The lowest BCUT2D eigenvalue weighted by atomic mass is 10.0. The van der Waals surface area contributed by atoms with Crippen LogP contribution in [-0.2, 0) is 30.4 Å². The quantitative estimate of drug-likeness (QED) is 0.162. The molecule has 0 spiro atoms. The molecule has 196 valence electrons.